The van der Waals surface area contributed by atoms with Crippen LogP contribution in [0.2, 0.25) is 0 Å². The van der Waals surface area contributed by atoms with Crippen LogP contribution in [0.1, 0.15) is 52.1 Å². The molecule has 0 radical (unpaired) electrons. The summed E-state index contributed by atoms with van der Waals surface area (Å²) < 4.78 is 27.4. The van der Waals surface area contributed by atoms with Crippen LogP contribution >= 0.6 is 0 Å². The molecule has 2 atom stereocenters. The highest BCUT2D eigenvalue weighted by Crippen LogP contribution is 2.29. The number of hydrogen-bond donors (Lipinski definition) is 2. The summed E-state index contributed by atoms with van der Waals surface area (Å²) in [5.41, 5.74) is 0.916. The van der Waals surface area contributed by atoms with Gasteiger partial charge in [0.1, 0.15) is 0 Å². The van der Waals surface area contributed by atoms with Crippen LogP contribution in [0, 0.1) is 0 Å². The van der Waals surface area contributed by atoms with Crippen LogP contribution in [0.15, 0.2) is 17.2 Å². The van der Waals surface area contributed by atoms with Crippen molar-refractivity contribution in [3.63, 3.8) is 0 Å². The minimum absolute atomic E-state index is 0.0790. The Morgan fingerprint density at radius 3 is 2.62 bits per heavy atom. The second-order valence-electron chi connectivity index (χ2n) is 6.00. The molecule has 1 saturated heterocycles. The van der Waals surface area contributed by atoms with Gasteiger partial charge in [-0.1, -0.05) is 13.3 Å². The van der Waals surface area contributed by atoms with E-state index in [2.05, 4.69) is 17.2 Å². The number of rotatable bonds is 6. The van der Waals surface area contributed by atoms with Crippen molar-refractivity contribution in [1.29, 1.82) is 0 Å². The van der Waals surface area contributed by atoms with Gasteiger partial charge in [-0.05, 0) is 45.7 Å². The van der Waals surface area contributed by atoms with Crippen LogP contribution in [0.4, 0.5) is 0 Å². The van der Waals surface area contributed by atoms with Crippen molar-refractivity contribution in [3.8, 4) is 0 Å². The zero-order chi connectivity index (χ0) is 15.5. The maximum absolute atomic E-state index is 12.8. The van der Waals surface area contributed by atoms with E-state index in [1.54, 1.807) is 16.6 Å². The summed E-state index contributed by atoms with van der Waals surface area (Å²) in [5, 5.41) is 3.27. The maximum atomic E-state index is 12.8. The standard InChI is InChI=1S/C15H27N3O2S/c1-4-8-16-10-14-9-15(11-17-14)21(19,20)18-12(2)6-5-7-13(18)3/h9,11-13,16-17H,4-8,10H2,1-3H3/t12-,13+. The fourth-order valence-corrected chi connectivity index (χ4v) is 4.96. The van der Waals surface area contributed by atoms with Gasteiger partial charge >= 0.3 is 0 Å². The number of nitrogens with zero attached hydrogens (tertiary/aromatic N) is 1. The average Bonchev–Trinajstić information content (AvgIpc) is 2.88. The molecule has 0 aromatic carbocycles. The minimum atomic E-state index is -3.40. The molecule has 0 spiro atoms. The molecule has 1 aliphatic rings. The van der Waals surface area contributed by atoms with Crippen LogP contribution in [0.5, 0.6) is 0 Å². The Morgan fingerprint density at radius 1 is 1.33 bits per heavy atom. The lowest BCUT2D eigenvalue weighted by atomic mass is 10.0. The molecule has 0 saturated carbocycles. The lowest BCUT2D eigenvalue weighted by Gasteiger charge is -2.37. The van der Waals surface area contributed by atoms with Gasteiger partial charge in [-0.2, -0.15) is 4.31 Å². The molecule has 1 aliphatic heterocycles. The molecule has 0 bridgehead atoms. The first-order valence-corrected chi connectivity index (χ1v) is 9.32. The number of hydrogen-bond acceptors (Lipinski definition) is 3. The monoisotopic (exact) mass is 313 g/mol. The molecule has 0 amide bonds. The average molecular weight is 313 g/mol. The number of piperidine rings is 1. The molecule has 120 valence electrons. The third-order valence-electron chi connectivity index (χ3n) is 4.15. The zero-order valence-electron chi connectivity index (χ0n) is 13.2. The van der Waals surface area contributed by atoms with Gasteiger partial charge in [0.2, 0.25) is 10.0 Å². The van der Waals surface area contributed by atoms with Crippen molar-refractivity contribution in [2.75, 3.05) is 6.54 Å². The summed E-state index contributed by atoms with van der Waals surface area (Å²) in [6, 6.07) is 1.91. The van der Waals surface area contributed by atoms with E-state index in [0.717, 1.165) is 37.9 Å². The highest BCUT2D eigenvalue weighted by atomic mass is 32.2. The SMILES string of the molecule is CCCNCc1cc(S(=O)(=O)N2[C@H](C)CCC[C@@H]2C)c[nH]1. The third kappa shape index (κ3) is 3.67. The Balaban J connectivity index is 2.15. The van der Waals surface area contributed by atoms with Gasteiger partial charge in [-0.25, -0.2) is 8.42 Å². The number of aromatic amines is 1. The molecule has 2 N–H and O–H groups in total. The highest BCUT2D eigenvalue weighted by Gasteiger charge is 2.36. The van der Waals surface area contributed by atoms with E-state index in [0.29, 0.717) is 11.4 Å². The Kier molecular flexibility index (Phi) is 5.46. The molecule has 2 heterocycles. The second kappa shape index (κ2) is 6.94. The van der Waals surface area contributed by atoms with E-state index >= 15 is 0 Å². The van der Waals surface area contributed by atoms with Crippen LogP contribution in [0.25, 0.3) is 0 Å². The molecule has 1 aromatic rings. The van der Waals surface area contributed by atoms with Gasteiger partial charge in [-0.15, -0.1) is 0 Å². The van der Waals surface area contributed by atoms with E-state index in [1.165, 1.54) is 0 Å². The maximum Gasteiger partial charge on any atom is 0.245 e. The molecular weight excluding hydrogens is 286 g/mol. The number of aromatic nitrogens is 1. The van der Waals surface area contributed by atoms with Crippen LogP contribution in [-0.2, 0) is 16.6 Å². The summed E-state index contributed by atoms with van der Waals surface area (Å²) in [5.74, 6) is 0. The Bertz CT molecular complexity index is 543. The summed E-state index contributed by atoms with van der Waals surface area (Å²) in [7, 11) is -3.40. The first-order chi connectivity index (χ1) is 9.96. The van der Waals surface area contributed by atoms with E-state index in [-0.39, 0.29) is 12.1 Å². The summed E-state index contributed by atoms with van der Waals surface area (Å²) >= 11 is 0. The first-order valence-electron chi connectivity index (χ1n) is 7.88. The van der Waals surface area contributed by atoms with E-state index in [1.807, 2.05) is 13.8 Å². The number of H-pyrrole nitrogens is 1. The lowest BCUT2D eigenvalue weighted by molar-refractivity contribution is 0.204. The van der Waals surface area contributed by atoms with Gasteiger partial charge in [0.25, 0.3) is 0 Å². The number of nitrogens with one attached hydrogen (secondary N) is 2. The molecule has 1 fully saturated rings. The summed E-state index contributed by atoms with van der Waals surface area (Å²) in [6.45, 7) is 7.72. The molecule has 5 nitrogen and oxygen atoms in total. The van der Waals surface area contributed by atoms with Crippen LogP contribution in [0.3, 0.4) is 0 Å². The van der Waals surface area contributed by atoms with Crippen LogP contribution < -0.4 is 5.32 Å². The molecule has 2 rings (SSSR count). The van der Waals surface area contributed by atoms with Crippen molar-refractivity contribution in [3.05, 3.63) is 18.0 Å². The highest BCUT2D eigenvalue weighted by molar-refractivity contribution is 7.89. The zero-order valence-corrected chi connectivity index (χ0v) is 14.0. The molecule has 1 aromatic heterocycles. The lowest BCUT2D eigenvalue weighted by Crippen LogP contribution is -2.47. The largest absolute Gasteiger partial charge is 0.363 e. The topological polar surface area (TPSA) is 65.2 Å². The molecule has 6 heteroatoms. The van der Waals surface area contributed by atoms with Crippen molar-refractivity contribution >= 4 is 10.0 Å². The van der Waals surface area contributed by atoms with Crippen molar-refractivity contribution in [2.24, 2.45) is 0 Å². The van der Waals surface area contributed by atoms with Crippen LogP contribution in [-0.4, -0.2) is 36.3 Å². The fraction of sp³-hybridized carbons (Fsp3) is 0.733. The van der Waals surface area contributed by atoms with Gasteiger partial charge < -0.3 is 10.3 Å². The Hall–Kier alpha value is -0.850. The van der Waals surface area contributed by atoms with Crippen molar-refractivity contribution < 1.29 is 8.42 Å². The van der Waals surface area contributed by atoms with E-state index in [9.17, 15) is 8.42 Å². The molecule has 21 heavy (non-hydrogen) atoms. The first kappa shape index (κ1) is 16.5. The fourth-order valence-electron chi connectivity index (χ4n) is 3.06. The summed E-state index contributed by atoms with van der Waals surface area (Å²) in [4.78, 5) is 3.46. The molecule has 0 aliphatic carbocycles. The summed E-state index contributed by atoms with van der Waals surface area (Å²) in [6.07, 6.45) is 5.67. The second-order valence-corrected chi connectivity index (χ2v) is 7.84. The van der Waals surface area contributed by atoms with Gasteiger partial charge in [0.05, 0.1) is 4.90 Å². The molecular formula is C15H27N3O2S. The van der Waals surface area contributed by atoms with Crippen molar-refractivity contribution in [2.45, 2.75) is 70.0 Å². The van der Waals surface area contributed by atoms with Gasteiger partial charge in [0, 0.05) is 30.5 Å². The van der Waals surface area contributed by atoms with E-state index < -0.39 is 10.0 Å². The quantitative estimate of drug-likeness (QED) is 0.793. The third-order valence-corrected chi connectivity index (χ3v) is 6.25. The normalized spacial score (nSPS) is 24.3. The Morgan fingerprint density at radius 2 is 2.00 bits per heavy atom. The van der Waals surface area contributed by atoms with Gasteiger partial charge in [-0.3, -0.25) is 0 Å². The predicted octanol–water partition coefficient (Wildman–Crippen LogP) is 2.47. The Labute approximate surface area is 128 Å². The van der Waals surface area contributed by atoms with Gasteiger partial charge in [0.15, 0.2) is 0 Å². The number of sulfonamides is 1. The smallest absolute Gasteiger partial charge is 0.245 e. The van der Waals surface area contributed by atoms with Crippen molar-refractivity contribution in [1.82, 2.24) is 14.6 Å². The minimum Gasteiger partial charge on any atom is -0.363 e. The molecule has 0 unspecified atom stereocenters. The predicted molar refractivity (Wildman–Crippen MR) is 84.6 cm³/mol. The van der Waals surface area contributed by atoms with E-state index in [4.69, 9.17) is 0 Å².